The van der Waals surface area contributed by atoms with Gasteiger partial charge in [-0.05, 0) is 135 Å². The number of phenols is 2. The maximum absolute atomic E-state index is 15.1. The molecular weight excluding hydrogens is 821 g/mol. The number of aromatic hydroxyl groups is 2. The van der Waals surface area contributed by atoms with Gasteiger partial charge in [-0.3, -0.25) is 9.59 Å². The highest BCUT2D eigenvalue weighted by Crippen LogP contribution is 2.51. The summed E-state index contributed by atoms with van der Waals surface area (Å²) in [5.74, 6) is 1.37. The Bertz CT molecular complexity index is 2440. The van der Waals surface area contributed by atoms with E-state index < -0.39 is 23.1 Å². The number of ketones is 2. The van der Waals surface area contributed by atoms with Crippen LogP contribution in [0.15, 0.2) is 121 Å². The van der Waals surface area contributed by atoms with Crippen molar-refractivity contribution >= 4 is 34.3 Å². The largest absolute Gasteiger partial charge is 0.504 e. The third-order valence-electron chi connectivity index (χ3n) is 14.3. The molecule has 0 aliphatic heterocycles. The second-order valence-electron chi connectivity index (χ2n) is 18.7. The van der Waals surface area contributed by atoms with Gasteiger partial charge in [0.1, 0.15) is 11.5 Å². The quantitative estimate of drug-likeness (QED) is 0.0709. The predicted octanol–water partition coefficient (Wildman–Crippen LogP) is 15.9. The van der Waals surface area contributed by atoms with Gasteiger partial charge < -0.3 is 30.3 Å². The van der Waals surface area contributed by atoms with Crippen molar-refractivity contribution in [2.45, 2.75) is 116 Å². The first-order chi connectivity index (χ1) is 32.3. The molecule has 0 bridgehead atoms. The summed E-state index contributed by atoms with van der Waals surface area (Å²) in [7, 11) is 0. The molecule has 340 valence electrons. The molecule has 0 aromatic heterocycles. The highest BCUT2D eigenvalue weighted by Gasteiger charge is 2.41. The van der Waals surface area contributed by atoms with Crippen molar-refractivity contribution in [1.29, 1.82) is 0 Å². The molecule has 8 heteroatoms. The Balaban J connectivity index is 1.05. The minimum absolute atomic E-state index is 0.00990. The van der Waals surface area contributed by atoms with Crippen LogP contribution in [0, 0.1) is 11.8 Å². The van der Waals surface area contributed by atoms with E-state index in [1.165, 1.54) is 101 Å². The number of benzene rings is 6. The van der Waals surface area contributed by atoms with E-state index in [0.29, 0.717) is 34.7 Å². The SMILES string of the molecule is CCCCC1CCC(c2ccc(Oc3cc(Nc4ccccc4)c4c(c3O)C(=O)c3c(Nc5ccccc5)cc(Oc5ccc(C6CCC(CCCC)CC6)cc5)c(O)c3C4=O)cc2)CC1. The van der Waals surface area contributed by atoms with Gasteiger partial charge >= 0.3 is 0 Å². The molecule has 0 radical (unpaired) electrons. The summed E-state index contributed by atoms with van der Waals surface area (Å²) < 4.78 is 12.8. The molecule has 2 fully saturated rings. The smallest absolute Gasteiger partial charge is 0.200 e. The topological polar surface area (TPSA) is 117 Å². The van der Waals surface area contributed by atoms with Gasteiger partial charge in [0.05, 0.1) is 33.6 Å². The molecule has 6 aromatic carbocycles. The zero-order valence-electron chi connectivity index (χ0n) is 38.3. The summed E-state index contributed by atoms with van der Waals surface area (Å²) in [5, 5.41) is 30.8. The average molecular weight is 883 g/mol. The van der Waals surface area contributed by atoms with Crippen molar-refractivity contribution in [3.05, 3.63) is 155 Å². The zero-order valence-corrected chi connectivity index (χ0v) is 38.3. The highest BCUT2D eigenvalue weighted by molar-refractivity contribution is 6.34. The van der Waals surface area contributed by atoms with Gasteiger partial charge in [0.2, 0.25) is 11.6 Å². The van der Waals surface area contributed by atoms with Gasteiger partial charge in [0.25, 0.3) is 0 Å². The van der Waals surface area contributed by atoms with Crippen molar-refractivity contribution in [3.8, 4) is 34.5 Å². The van der Waals surface area contributed by atoms with Crippen molar-refractivity contribution in [2.75, 3.05) is 10.6 Å². The van der Waals surface area contributed by atoms with Gasteiger partial charge in [0.15, 0.2) is 23.0 Å². The summed E-state index contributed by atoms with van der Waals surface area (Å²) in [6.45, 7) is 4.51. The van der Waals surface area contributed by atoms with Gasteiger partial charge in [-0.25, -0.2) is 0 Å². The molecule has 6 aromatic rings. The third-order valence-corrected chi connectivity index (χ3v) is 14.3. The molecule has 66 heavy (non-hydrogen) atoms. The number of ether oxygens (including phenoxy) is 2. The van der Waals surface area contributed by atoms with Crippen LogP contribution in [-0.2, 0) is 0 Å². The van der Waals surface area contributed by atoms with Crippen molar-refractivity contribution in [3.63, 3.8) is 0 Å². The van der Waals surface area contributed by atoms with Crippen LogP contribution in [0.4, 0.5) is 22.7 Å². The molecule has 4 N–H and O–H groups in total. The molecule has 0 saturated heterocycles. The van der Waals surface area contributed by atoms with Gasteiger partial charge in [-0.1, -0.05) is 113 Å². The van der Waals surface area contributed by atoms with E-state index in [-0.39, 0.29) is 45.1 Å². The number of fused-ring (bicyclic) bond motifs is 2. The molecule has 0 unspecified atom stereocenters. The Labute approximate surface area is 389 Å². The summed E-state index contributed by atoms with van der Waals surface area (Å²) in [6, 6.07) is 37.6. The standard InChI is InChI=1S/C58H62N2O6/c1-3-5-13-37-19-23-39(24-20-37)41-27-31-45(32-28-41)65-49-35-47(59-43-15-9-7-10-16-43)51-53(55(49)61)57(63)52-48(60-44-17-11-8-12-18-44)36-50(56(62)54(52)58(51)64)66-46-33-29-42(30-34-46)40-25-21-38(22-26-40)14-6-4-2/h7-12,15-18,27-40,59-62H,3-6,13-14,19-26H2,1-2H3. The van der Waals surface area contributed by atoms with E-state index >= 15 is 9.59 Å². The first-order valence-corrected chi connectivity index (χ1v) is 24.4. The van der Waals surface area contributed by atoms with Gasteiger partial charge in [-0.15, -0.1) is 0 Å². The van der Waals surface area contributed by atoms with Crippen LogP contribution in [0.2, 0.25) is 0 Å². The maximum Gasteiger partial charge on any atom is 0.200 e. The predicted molar refractivity (Wildman–Crippen MR) is 264 cm³/mol. The Morgan fingerprint density at radius 3 is 1.20 bits per heavy atom. The lowest BCUT2D eigenvalue weighted by atomic mass is 9.77. The van der Waals surface area contributed by atoms with E-state index in [1.807, 2.05) is 84.9 Å². The number of carbonyl (C=O) groups is 2. The number of carbonyl (C=O) groups excluding carboxylic acids is 2. The molecule has 0 atom stereocenters. The molecule has 3 aliphatic carbocycles. The summed E-state index contributed by atoms with van der Waals surface area (Å²) in [4.78, 5) is 30.2. The molecular formula is C58H62N2O6. The minimum atomic E-state index is -0.655. The van der Waals surface area contributed by atoms with Crippen LogP contribution in [0.3, 0.4) is 0 Å². The lowest BCUT2D eigenvalue weighted by Crippen LogP contribution is -2.24. The first kappa shape index (κ1) is 44.7. The minimum Gasteiger partial charge on any atom is -0.504 e. The number of para-hydroxylation sites is 2. The van der Waals surface area contributed by atoms with E-state index in [0.717, 1.165) is 11.8 Å². The maximum atomic E-state index is 15.1. The fourth-order valence-corrected chi connectivity index (χ4v) is 10.6. The van der Waals surface area contributed by atoms with Crippen LogP contribution < -0.4 is 20.1 Å². The highest BCUT2D eigenvalue weighted by atomic mass is 16.5. The number of phenolic OH excluding ortho intramolecular Hbond substituents is 2. The van der Waals surface area contributed by atoms with Crippen LogP contribution in [0.5, 0.6) is 34.5 Å². The van der Waals surface area contributed by atoms with Crippen LogP contribution >= 0.6 is 0 Å². The second-order valence-corrected chi connectivity index (χ2v) is 18.7. The Kier molecular flexibility index (Phi) is 13.7. The van der Waals surface area contributed by atoms with Crippen molar-refractivity contribution in [1.82, 2.24) is 0 Å². The Morgan fingerprint density at radius 1 is 0.485 bits per heavy atom. The third kappa shape index (κ3) is 9.69. The Morgan fingerprint density at radius 2 is 0.848 bits per heavy atom. The van der Waals surface area contributed by atoms with Gasteiger partial charge in [-0.2, -0.15) is 0 Å². The second kappa shape index (κ2) is 20.3. The molecule has 0 spiro atoms. The van der Waals surface area contributed by atoms with Crippen LogP contribution in [0.25, 0.3) is 0 Å². The van der Waals surface area contributed by atoms with Crippen molar-refractivity contribution < 1.29 is 29.3 Å². The number of hydrogen-bond acceptors (Lipinski definition) is 8. The van der Waals surface area contributed by atoms with Gasteiger partial charge in [0, 0.05) is 23.5 Å². The monoisotopic (exact) mass is 882 g/mol. The average Bonchev–Trinajstić information content (AvgIpc) is 3.35. The van der Waals surface area contributed by atoms with Crippen LogP contribution in [-0.4, -0.2) is 21.8 Å². The van der Waals surface area contributed by atoms with E-state index in [4.69, 9.17) is 9.47 Å². The van der Waals surface area contributed by atoms with Crippen LogP contribution in [0.1, 0.15) is 159 Å². The molecule has 3 aliphatic rings. The number of unbranched alkanes of at least 4 members (excludes halogenated alkanes) is 2. The fourth-order valence-electron chi connectivity index (χ4n) is 10.6. The molecule has 0 amide bonds. The molecule has 8 nitrogen and oxygen atoms in total. The number of nitrogens with one attached hydrogen (secondary N) is 2. The summed E-state index contributed by atoms with van der Waals surface area (Å²) in [6.07, 6.45) is 17.4. The van der Waals surface area contributed by atoms with E-state index in [1.54, 1.807) is 12.1 Å². The molecule has 9 rings (SSSR count). The first-order valence-electron chi connectivity index (χ1n) is 24.4. The number of hydrogen-bond donors (Lipinski definition) is 4. The van der Waals surface area contributed by atoms with E-state index in [9.17, 15) is 10.2 Å². The van der Waals surface area contributed by atoms with Crippen molar-refractivity contribution in [2.24, 2.45) is 11.8 Å². The molecule has 0 heterocycles. The lowest BCUT2D eigenvalue weighted by molar-refractivity contribution is 0.0974. The Hall–Kier alpha value is -6.54. The lowest BCUT2D eigenvalue weighted by Gasteiger charge is -2.29. The summed E-state index contributed by atoms with van der Waals surface area (Å²) >= 11 is 0. The summed E-state index contributed by atoms with van der Waals surface area (Å²) in [5.41, 5.74) is 3.69. The fraction of sp³-hybridized carbons (Fsp3) is 0.345. The normalized spacial score (nSPS) is 19.1. The zero-order chi connectivity index (χ0) is 45.6. The number of rotatable bonds is 16. The molecule has 2 saturated carbocycles. The van der Waals surface area contributed by atoms with E-state index in [2.05, 4.69) is 48.7 Å². The number of anilines is 4.